The van der Waals surface area contributed by atoms with Gasteiger partial charge in [0.25, 0.3) is 0 Å². The van der Waals surface area contributed by atoms with Gasteiger partial charge in [-0.2, -0.15) is 13.2 Å². The molecule has 1 heterocycles. The second-order valence-electron chi connectivity index (χ2n) is 5.02. The van der Waals surface area contributed by atoms with Gasteiger partial charge in [-0.1, -0.05) is 0 Å². The number of nitrogens with zero attached hydrogens (tertiary/aromatic N) is 1. The summed E-state index contributed by atoms with van der Waals surface area (Å²) in [4.78, 5) is 13.0. The van der Waals surface area contributed by atoms with Crippen LogP contribution in [-0.4, -0.2) is 56.8 Å². The maximum Gasteiger partial charge on any atom is 0.401 e. The topological polar surface area (TPSA) is 44.4 Å². The van der Waals surface area contributed by atoms with Crippen molar-refractivity contribution >= 4 is 5.91 Å². The summed E-state index contributed by atoms with van der Waals surface area (Å²) in [6.07, 6.45) is -1.96. The molecule has 0 bridgehead atoms. The van der Waals surface area contributed by atoms with Crippen LogP contribution in [0.5, 0.6) is 0 Å². The number of rotatable bonds is 6. The summed E-state index contributed by atoms with van der Waals surface area (Å²) in [6.45, 7) is 1.56. The highest BCUT2D eigenvalue weighted by atomic mass is 19.4. The van der Waals surface area contributed by atoms with Crippen LogP contribution in [-0.2, 0) is 4.79 Å². The molecule has 0 aromatic rings. The number of nitrogens with one attached hydrogen (secondary N) is 2. The van der Waals surface area contributed by atoms with E-state index < -0.39 is 12.7 Å². The van der Waals surface area contributed by atoms with Crippen LogP contribution in [0.15, 0.2) is 0 Å². The molecule has 1 saturated heterocycles. The molecule has 1 aliphatic rings. The molecular weight excluding hydrogens is 259 g/mol. The van der Waals surface area contributed by atoms with Gasteiger partial charge >= 0.3 is 6.18 Å². The highest BCUT2D eigenvalue weighted by molar-refractivity contribution is 5.78. The van der Waals surface area contributed by atoms with E-state index in [1.165, 1.54) is 11.9 Å². The molecule has 0 spiro atoms. The van der Waals surface area contributed by atoms with Crippen LogP contribution < -0.4 is 10.6 Å². The molecule has 1 aliphatic heterocycles. The molecule has 0 saturated carbocycles. The van der Waals surface area contributed by atoms with Crippen molar-refractivity contribution in [2.24, 2.45) is 5.92 Å². The van der Waals surface area contributed by atoms with Crippen molar-refractivity contribution in [2.75, 3.05) is 39.8 Å². The number of hydrogen-bond acceptors (Lipinski definition) is 3. The van der Waals surface area contributed by atoms with Crippen LogP contribution in [0.4, 0.5) is 13.2 Å². The van der Waals surface area contributed by atoms with Crippen LogP contribution >= 0.6 is 0 Å². The number of halogens is 3. The molecular formula is C12H22F3N3O. The second kappa shape index (κ2) is 7.69. The third-order valence-electron chi connectivity index (χ3n) is 3.17. The van der Waals surface area contributed by atoms with Crippen LogP contribution in [0, 0.1) is 5.92 Å². The fourth-order valence-corrected chi connectivity index (χ4v) is 2.17. The van der Waals surface area contributed by atoms with Gasteiger partial charge in [-0.05, 0) is 45.9 Å². The molecule has 19 heavy (non-hydrogen) atoms. The first kappa shape index (κ1) is 16.2. The molecule has 0 aromatic heterocycles. The standard InChI is InChI=1S/C12H22F3N3O/c1-18(9-12(13,14)15)8-2-5-17-11(19)10-3-6-16-7-4-10/h10,16H,2-9H2,1H3,(H,17,19). The molecule has 0 aromatic carbocycles. The quantitative estimate of drug-likeness (QED) is 0.714. The highest BCUT2D eigenvalue weighted by Crippen LogP contribution is 2.15. The first-order chi connectivity index (χ1) is 8.88. The van der Waals surface area contributed by atoms with Crippen molar-refractivity contribution in [3.8, 4) is 0 Å². The summed E-state index contributed by atoms with van der Waals surface area (Å²) in [5.41, 5.74) is 0. The number of amides is 1. The number of carbonyl (C=O) groups excluding carboxylic acids is 1. The van der Waals surface area contributed by atoms with Crippen molar-refractivity contribution in [3.05, 3.63) is 0 Å². The molecule has 112 valence electrons. The smallest absolute Gasteiger partial charge is 0.356 e. The highest BCUT2D eigenvalue weighted by Gasteiger charge is 2.28. The van der Waals surface area contributed by atoms with Gasteiger partial charge in [0, 0.05) is 12.5 Å². The van der Waals surface area contributed by atoms with Crippen molar-refractivity contribution in [1.82, 2.24) is 15.5 Å². The first-order valence-corrected chi connectivity index (χ1v) is 6.62. The Hall–Kier alpha value is -0.820. The zero-order chi connectivity index (χ0) is 14.3. The maximum absolute atomic E-state index is 12.1. The SMILES string of the molecule is CN(CCCNC(=O)C1CCNCC1)CC(F)(F)F. The maximum atomic E-state index is 12.1. The summed E-state index contributed by atoms with van der Waals surface area (Å²) in [5.74, 6) is 0.0779. The summed E-state index contributed by atoms with van der Waals surface area (Å²) in [5, 5.41) is 5.98. The molecule has 1 amide bonds. The fraction of sp³-hybridized carbons (Fsp3) is 0.917. The van der Waals surface area contributed by atoms with E-state index in [4.69, 9.17) is 0 Å². The summed E-state index contributed by atoms with van der Waals surface area (Å²) in [6, 6.07) is 0. The Balaban J connectivity index is 2.08. The van der Waals surface area contributed by atoms with Crippen molar-refractivity contribution in [3.63, 3.8) is 0 Å². The van der Waals surface area contributed by atoms with Crippen LogP contribution in [0.25, 0.3) is 0 Å². The van der Waals surface area contributed by atoms with Gasteiger partial charge < -0.3 is 10.6 Å². The minimum absolute atomic E-state index is 0.0278. The molecule has 4 nitrogen and oxygen atoms in total. The lowest BCUT2D eigenvalue weighted by molar-refractivity contribution is -0.143. The number of carbonyl (C=O) groups is 1. The lowest BCUT2D eigenvalue weighted by atomic mass is 9.97. The molecule has 1 fully saturated rings. The van der Waals surface area contributed by atoms with E-state index in [-0.39, 0.29) is 11.8 Å². The average molecular weight is 281 g/mol. The molecule has 2 N–H and O–H groups in total. The fourth-order valence-electron chi connectivity index (χ4n) is 2.17. The van der Waals surface area contributed by atoms with Gasteiger partial charge in [0.1, 0.15) is 0 Å². The summed E-state index contributed by atoms with van der Waals surface area (Å²) < 4.78 is 36.2. The zero-order valence-corrected chi connectivity index (χ0v) is 11.2. The van der Waals surface area contributed by atoms with Gasteiger partial charge in [-0.25, -0.2) is 0 Å². The van der Waals surface area contributed by atoms with E-state index in [2.05, 4.69) is 10.6 Å². The summed E-state index contributed by atoms with van der Waals surface area (Å²) in [7, 11) is 1.43. The van der Waals surface area contributed by atoms with E-state index in [0.29, 0.717) is 19.5 Å². The lowest BCUT2D eigenvalue weighted by Crippen LogP contribution is -2.39. The zero-order valence-electron chi connectivity index (χ0n) is 11.2. The van der Waals surface area contributed by atoms with Gasteiger partial charge in [-0.15, -0.1) is 0 Å². The molecule has 7 heteroatoms. The van der Waals surface area contributed by atoms with Gasteiger partial charge in [0.05, 0.1) is 6.54 Å². The molecule has 0 radical (unpaired) electrons. The number of hydrogen-bond donors (Lipinski definition) is 2. The Bertz CT molecular complexity index is 278. The summed E-state index contributed by atoms with van der Waals surface area (Å²) >= 11 is 0. The second-order valence-corrected chi connectivity index (χ2v) is 5.02. The molecule has 0 unspecified atom stereocenters. The normalized spacial score (nSPS) is 17.7. The molecule has 0 aliphatic carbocycles. The van der Waals surface area contributed by atoms with E-state index in [9.17, 15) is 18.0 Å². The van der Waals surface area contributed by atoms with Crippen LogP contribution in [0.3, 0.4) is 0 Å². The van der Waals surface area contributed by atoms with Crippen molar-refractivity contribution in [1.29, 1.82) is 0 Å². The first-order valence-electron chi connectivity index (χ1n) is 6.62. The number of piperidine rings is 1. The van der Waals surface area contributed by atoms with E-state index in [1.54, 1.807) is 0 Å². The third-order valence-corrected chi connectivity index (χ3v) is 3.17. The number of alkyl halides is 3. The minimum Gasteiger partial charge on any atom is -0.356 e. The molecule has 1 rings (SSSR count). The van der Waals surface area contributed by atoms with Gasteiger partial charge in [-0.3, -0.25) is 9.69 Å². The van der Waals surface area contributed by atoms with E-state index in [1.807, 2.05) is 0 Å². The molecule has 0 atom stereocenters. The predicted molar refractivity (Wildman–Crippen MR) is 66.8 cm³/mol. The van der Waals surface area contributed by atoms with E-state index >= 15 is 0 Å². The van der Waals surface area contributed by atoms with Crippen molar-refractivity contribution < 1.29 is 18.0 Å². The largest absolute Gasteiger partial charge is 0.401 e. The van der Waals surface area contributed by atoms with Gasteiger partial charge in [0.15, 0.2) is 0 Å². The van der Waals surface area contributed by atoms with Gasteiger partial charge in [0.2, 0.25) is 5.91 Å². The predicted octanol–water partition coefficient (Wildman–Crippen LogP) is 0.986. The Kier molecular flexibility index (Phi) is 6.57. The minimum atomic E-state index is -4.16. The lowest BCUT2D eigenvalue weighted by Gasteiger charge is -2.22. The monoisotopic (exact) mass is 281 g/mol. The average Bonchev–Trinajstić information content (AvgIpc) is 2.33. The Morgan fingerprint density at radius 1 is 1.37 bits per heavy atom. The Labute approximate surface area is 111 Å². The third kappa shape index (κ3) is 7.37. The van der Waals surface area contributed by atoms with Crippen molar-refractivity contribution in [2.45, 2.75) is 25.4 Å². The van der Waals surface area contributed by atoms with Crippen LogP contribution in [0.1, 0.15) is 19.3 Å². The van der Waals surface area contributed by atoms with E-state index in [0.717, 1.165) is 25.9 Å². The van der Waals surface area contributed by atoms with Crippen LogP contribution in [0.2, 0.25) is 0 Å². The Morgan fingerprint density at radius 2 is 2.00 bits per heavy atom. The Morgan fingerprint density at radius 3 is 2.58 bits per heavy atom.